The van der Waals surface area contributed by atoms with E-state index in [1.807, 2.05) is 6.07 Å². The van der Waals surface area contributed by atoms with Crippen LogP contribution in [0.5, 0.6) is 5.75 Å². The Morgan fingerprint density at radius 2 is 1.64 bits per heavy atom. The summed E-state index contributed by atoms with van der Waals surface area (Å²) in [5, 5.41) is 3.23. The summed E-state index contributed by atoms with van der Waals surface area (Å²) in [6.07, 6.45) is 0.0962. The lowest BCUT2D eigenvalue weighted by atomic mass is 10.1. The Morgan fingerprint density at radius 3 is 2.30 bits per heavy atom. The number of hydrogen-bond acceptors (Lipinski definition) is 4. The highest BCUT2D eigenvalue weighted by Gasteiger charge is 2.29. The van der Waals surface area contributed by atoms with Gasteiger partial charge in [0.25, 0.3) is 0 Å². The summed E-state index contributed by atoms with van der Waals surface area (Å²) in [5.74, 6) is -0.450. The fourth-order valence-electron chi connectivity index (χ4n) is 3.12. The smallest absolute Gasteiger partial charge is 0.245 e. The number of carbonyl (C=O) groups excluding carboxylic acids is 1. The zero-order valence-electron chi connectivity index (χ0n) is 17.7. The number of benzene rings is 3. The highest BCUT2D eigenvalue weighted by molar-refractivity contribution is 7.89. The number of anilines is 1. The first kappa shape index (κ1) is 25.3. The standard InChI is InChI=1S/C23H21Cl3N2O4S/c1-14-8-9-21(32-2)22(10-14)33(30,31)28-20(11-15-6-4-3-5-7-15)23(29)27-19-13-17(25)16(24)12-18(19)26/h3-10,12-13,20,28H,11H2,1-2H3,(H,27,29)/t20-/m0/s1. The first-order chi connectivity index (χ1) is 15.6. The number of nitrogens with one attached hydrogen (secondary N) is 2. The van der Waals surface area contributed by atoms with Gasteiger partial charge in [0.1, 0.15) is 16.7 Å². The average molecular weight is 528 g/mol. The fourth-order valence-corrected chi connectivity index (χ4v) is 5.16. The monoisotopic (exact) mass is 526 g/mol. The van der Waals surface area contributed by atoms with Crippen molar-refractivity contribution in [3.8, 4) is 5.75 Å². The second-order valence-electron chi connectivity index (χ2n) is 7.25. The molecular weight excluding hydrogens is 507 g/mol. The van der Waals surface area contributed by atoms with E-state index in [9.17, 15) is 13.2 Å². The van der Waals surface area contributed by atoms with E-state index in [0.717, 1.165) is 11.1 Å². The minimum atomic E-state index is -4.12. The highest BCUT2D eigenvalue weighted by Crippen LogP contribution is 2.32. The first-order valence-electron chi connectivity index (χ1n) is 9.77. The van der Waals surface area contributed by atoms with Crippen LogP contribution in [0.2, 0.25) is 15.1 Å². The largest absolute Gasteiger partial charge is 0.495 e. The molecule has 2 N–H and O–H groups in total. The topological polar surface area (TPSA) is 84.5 Å². The number of aryl methyl sites for hydroxylation is 1. The van der Waals surface area contributed by atoms with Crippen molar-refractivity contribution >= 4 is 56.4 Å². The molecule has 0 saturated heterocycles. The van der Waals surface area contributed by atoms with Crippen LogP contribution in [0.4, 0.5) is 5.69 Å². The molecule has 1 atom stereocenters. The number of halogens is 3. The maximum Gasteiger partial charge on any atom is 0.245 e. The summed E-state index contributed by atoms with van der Waals surface area (Å²) in [4.78, 5) is 13.1. The molecule has 0 spiro atoms. The van der Waals surface area contributed by atoms with Gasteiger partial charge in [0.05, 0.1) is 27.9 Å². The molecule has 0 aliphatic carbocycles. The Hall–Kier alpha value is -2.29. The van der Waals surface area contributed by atoms with Crippen LogP contribution in [0.15, 0.2) is 65.6 Å². The van der Waals surface area contributed by atoms with Crippen LogP contribution in [0.3, 0.4) is 0 Å². The molecule has 0 heterocycles. The van der Waals surface area contributed by atoms with Crippen LogP contribution in [0, 0.1) is 6.92 Å². The van der Waals surface area contributed by atoms with Crippen molar-refractivity contribution in [2.24, 2.45) is 0 Å². The first-order valence-corrected chi connectivity index (χ1v) is 12.4. The van der Waals surface area contributed by atoms with Crippen molar-refractivity contribution in [2.75, 3.05) is 12.4 Å². The molecule has 0 aromatic heterocycles. The molecule has 0 radical (unpaired) electrons. The summed E-state index contributed by atoms with van der Waals surface area (Å²) in [6, 6.07) is 15.5. The van der Waals surface area contributed by atoms with Gasteiger partial charge >= 0.3 is 0 Å². The fraction of sp³-hybridized carbons (Fsp3) is 0.174. The van der Waals surface area contributed by atoms with E-state index in [4.69, 9.17) is 39.5 Å². The quantitative estimate of drug-likeness (QED) is 0.379. The van der Waals surface area contributed by atoms with E-state index in [-0.39, 0.29) is 37.8 Å². The number of sulfonamides is 1. The van der Waals surface area contributed by atoms with Crippen LogP contribution < -0.4 is 14.8 Å². The molecule has 0 fully saturated rings. The molecule has 33 heavy (non-hydrogen) atoms. The third-order valence-electron chi connectivity index (χ3n) is 4.77. The summed E-state index contributed by atoms with van der Waals surface area (Å²) in [7, 11) is -2.74. The number of methoxy groups -OCH3 is 1. The Kier molecular flexibility index (Phi) is 8.26. The van der Waals surface area contributed by atoms with Gasteiger partial charge in [-0.1, -0.05) is 71.2 Å². The summed E-state index contributed by atoms with van der Waals surface area (Å²) in [5.41, 5.74) is 1.70. The molecule has 0 bridgehead atoms. The molecule has 3 aromatic carbocycles. The molecule has 3 rings (SSSR count). The predicted octanol–water partition coefficient (Wildman–Crippen LogP) is 5.49. The van der Waals surface area contributed by atoms with Crippen LogP contribution in [0.25, 0.3) is 0 Å². The summed E-state index contributed by atoms with van der Waals surface area (Å²) < 4.78 is 34.2. The molecule has 0 aliphatic rings. The Balaban J connectivity index is 1.95. The molecular formula is C23H21Cl3N2O4S. The molecule has 0 saturated carbocycles. The van der Waals surface area contributed by atoms with Crippen molar-refractivity contribution in [3.05, 3.63) is 86.9 Å². The van der Waals surface area contributed by atoms with Gasteiger partial charge in [0, 0.05) is 0 Å². The van der Waals surface area contributed by atoms with Gasteiger partial charge in [-0.3, -0.25) is 4.79 Å². The lowest BCUT2D eigenvalue weighted by molar-refractivity contribution is -0.117. The van der Waals surface area contributed by atoms with E-state index in [1.54, 1.807) is 43.3 Å². The third kappa shape index (κ3) is 6.40. The van der Waals surface area contributed by atoms with E-state index >= 15 is 0 Å². The second kappa shape index (κ2) is 10.8. The molecule has 10 heteroatoms. The van der Waals surface area contributed by atoms with Gasteiger partial charge in [0.15, 0.2) is 0 Å². The van der Waals surface area contributed by atoms with E-state index in [1.165, 1.54) is 25.3 Å². The number of carbonyl (C=O) groups is 1. The second-order valence-corrected chi connectivity index (χ2v) is 10.2. The molecule has 0 aliphatic heterocycles. The van der Waals surface area contributed by atoms with Crippen molar-refractivity contribution < 1.29 is 17.9 Å². The average Bonchev–Trinajstić information content (AvgIpc) is 2.77. The molecule has 6 nitrogen and oxygen atoms in total. The maximum absolute atomic E-state index is 13.3. The minimum absolute atomic E-state index is 0.0663. The minimum Gasteiger partial charge on any atom is -0.495 e. The van der Waals surface area contributed by atoms with Gasteiger partial charge in [-0.25, -0.2) is 8.42 Å². The van der Waals surface area contributed by atoms with Crippen molar-refractivity contribution in [2.45, 2.75) is 24.3 Å². The van der Waals surface area contributed by atoms with E-state index in [2.05, 4.69) is 10.0 Å². The molecule has 1 amide bonds. The Bertz CT molecular complexity index is 1270. The zero-order chi connectivity index (χ0) is 24.2. The van der Waals surface area contributed by atoms with Crippen LogP contribution >= 0.6 is 34.8 Å². The highest BCUT2D eigenvalue weighted by atomic mass is 35.5. The Morgan fingerprint density at radius 1 is 0.970 bits per heavy atom. The summed E-state index contributed by atoms with van der Waals surface area (Å²) >= 11 is 18.2. The third-order valence-corrected chi connectivity index (χ3v) is 7.30. The van der Waals surface area contributed by atoms with Crippen LogP contribution in [0.1, 0.15) is 11.1 Å². The molecule has 0 unspecified atom stereocenters. The van der Waals surface area contributed by atoms with Crippen molar-refractivity contribution in [1.29, 1.82) is 0 Å². The number of amides is 1. The normalized spacial score (nSPS) is 12.3. The van der Waals surface area contributed by atoms with Gasteiger partial charge < -0.3 is 10.1 Å². The lowest BCUT2D eigenvalue weighted by Crippen LogP contribution is -2.45. The predicted molar refractivity (Wildman–Crippen MR) is 132 cm³/mol. The van der Waals surface area contributed by atoms with Gasteiger partial charge in [-0.15, -0.1) is 0 Å². The van der Waals surface area contributed by atoms with Gasteiger partial charge in [-0.2, -0.15) is 4.72 Å². The zero-order valence-corrected chi connectivity index (χ0v) is 20.8. The number of ether oxygens (including phenoxy) is 1. The SMILES string of the molecule is COc1ccc(C)cc1S(=O)(=O)N[C@@H](Cc1ccccc1)C(=O)Nc1cc(Cl)c(Cl)cc1Cl. The molecule has 174 valence electrons. The van der Waals surface area contributed by atoms with Gasteiger partial charge in [-0.05, 0) is 48.7 Å². The van der Waals surface area contributed by atoms with E-state index < -0.39 is 22.0 Å². The Labute approximate surface area is 207 Å². The van der Waals surface area contributed by atoms with E-state index in [0.29, 0.717) is 0 Å². The maximum atomic E-state index is 13.3. The number of hydrogen-bond donors (Lipinski definition) is 2. The molecule has 3 aromatic rings. The van der Waals surface area contributed by atoms with Crippen molar-refractivity contribution in [3.63, 3.8) is 0 Å². The number of rotatable bonds is 8. The lowest BCUT2D eigenvalue weighted by Gasteiger charge is -2.20. The van der Waals surface area contributed by atoms with Crippen LogP contribution in [-0.2, 0) is 21.2 Å². The summed E-state index contributed by atoms with van der Waals surface area (Å²) in [6.45, 7) is 1.76. The van der Waals surface area contributed by atoms with Crippen molar-refractivity contribution in [1.82, 2.24) is 4.72 Å². The van der Waals surface area contributed by atoms with Crippen LogP contribution in [-0.4, -0.2) is 27.5 Å². The van der Waals surface area contributed by atoms with Gasteiger partial charge in [0.2, 0.25) is 15.9 Å².